The molecule has 0 heterocycles. The van der Waals surface area contributed by atoms with Crippen LogP contribution in [0.4, 0.5) is 0 Å². The maximum Gasteiger partial charge on any atom is 0.338 e. The number of hydrogen-bond donors (Lipinski definition) is 0. The van der Waals surface area contributed by atoms with E-state index in [1.807, 2.05) is 6.07 Å². The van der Waals surface area contributed by atoms with Crippen molar-refractivity contribution in [1.82, 2.24) is 0 Å². The topological polar surface area (TPSA) is 90.9 Å². The summed E-state index contributed by atoms with van der Waals surface area (Å²) in [6, 6.07) is 17.3. The molecule has 2 aromatic rings. The van der Waals surface area contributed by atoms with E-state index in [0.717, 1.165) is 12.2 Å². The van der Waals surface area contributed by atoms with E-state index in [4.69, 9.17) is 37.9 Å². The van der Waals surface area contributed by atoms with Crippen molar-refractivity contribution in [2.75, 3.05) is 92.5 Å². The Kier molecular flexibility index (Phi) is 24.8. The molecule has 0 spiro atoms. The number of aryl methyl sites for hydroxylation is 1. The first-order chi connectivity index (χ1) is 22.3. The summed E-state index contributed by atoms with van der Waals surface area (Å²) >= 11 is 0. The minimum absolute atomic E-state index is 0.209. The molecule has 0 unspecified atom stereocenters. The van der Waals surface area contributed by atoms with Gasteiger partial charge in [0.05, 0.1) is 84.8 Å². The van der Waals surface area contributed by atoms with Gasteiger partial charge in [-0.2, -0.15) is 0 Å². The van der Waals surface area contributed by atoms with Gasteiger partial charge < -0.3 is 37.9 Å². The molecule has 0 saturated heterocycles. The van der Waals surface area contributed by atoms with Crippen LogP contribution >= 0.6 is 0 Å². The number of esters is 1. The van der Waals surface area contributed by atoms with Crippen LogP contribution in [0.2, 0.25) is 0 Å². The predicted molar refractivity (Wildman–Crippen MR) is 175 cm³/mol. The van der Waals surface area contributed by atoms with Crippen LogP contribution in [0.15, 0.2) is 54.6 Å². The van der Waals surface area contributed by atoms with Crippen LogP contribution in [0.1, 0.15) is 67.8 Å². The summed E-state index contributed by atoms with van der Waals surface area (Å²) in [6.07, 6.45) is 10.5. The van der Waals surface area contributed by atoms with Crippen LogP contribution in [0.5, 0.6) is 5.75 Å². The number of unbranched alkanes of at least 4 members (excludes halogenated alkanes) is 6. The zero-order valence-electron chi connectivity index (χ0n) is 27.4. The first kappa shape index (κ1) is 38.7. The molecule has 2 aromatic carbocycles. The van der Waals surface area contributed by atoms with Crippen LogP contribution in [-0.4, -0.2) is 98.5 Å². The Morgan fingerprint density at radius 2 is 0.933 bits per heavy atom. The fourth-order valence-electron chi connectivity index (χ4n) is 4.31. The second-order valence-corrected chi connectivity index (χ2v) is 10.5. The molecule has 0 aromatic heterocycles. The molecule has 254 valence electrons. The van der Waals surface area contributed by atoms with Gasteiger partial charge in [-0.05, 0) is 42.7 Å². The van der Waals surface area contributed by atoms with Crippen LogP contribution in [-0.2, 0) is 39.6 Å². The first-order valence-electron chi connectivity index (χ1n) is 16.7. The molecular formula is C36H56O9. The Morgan fingerprint density at radius 1 is 0.489 bits per heavy atom. The Morgan fingerprint density at radius 3 is 1.44 bits per heavy atom. The van der Waals surface area contributed by atoms with Crippen molar-refractivity contribution >= 4 is 5.97 Å². The normalized spacial score (nSPS) is 11.1. The third-order valence-corrected chi connectivity index (χ3v) is 6.82. The molecule has 0 aliphatic carbocycles. The average molecular weight is 633 g/mol. The van der Waals surface area contributed by atoms with Gasteiger partial charge in [-0.3, -0.25) is 0 Å². The molecule has 45 heavy (non-hydrogen) atoms. The summed E-state index contributed by atoms with van der Waals surface area (Å²) in [4.78, 5) is 11.8. The number of rotatable bonds is 31. The minimum atomic E-state index is -0.350. The van der Waals surface area contributed by atoms with Crippen LogP contribution in [0.3, 0.4) is 0 Å². The lowest BCUT2D eigenvalue weighted by Gasteiger charge is -2.09. The van der Waals surface area contributed by atoms with Gasteiger partial charge in [0.2, 0.25) is 0 Å². The van der Waals surface area contributed by atoms with Crippen molar-refractivity contribution in [1.29, 1.82) is 0 Å². The van der Waals surface area contributed by atoms with E-state index in [2.05, 4.69) is 31.2 Å². The average Bonchev–Trinajstić information content (AvgIpc) is 3.07. The molecular weight excluding hydrogens is 576 g/mol. The number of carbonyl (C=O) groups is 1. The molecule has 9 heteroatoms. The summed E-state index contributed by atoms with van der Waals surface area (Å²) in [5.41, 5.74) is 1.91. The zero-order valence-corrected chi connectivity index (χ0v) is 27.4. The van der Waals surface area contributed by atoms with Gasteiger partial charge in [0.15, 0.2) is 0 Å². The van der Waals surface area contributed by atoms with Crippen molar-refractivity contribution < 1.29 is 42.7 Å². The van der Waals surface area contributed by atoms with E-state index >= 15 is 0 Å². The maximum absolute atomic E-state index is 11.8. The number of carbonyl (C=O) groups excluding carboxylic acids is 1. The molecule has 0 amide bonds. The molecule has 0 bridgehead atoms. The zero-order chi connectivity index (χ0) is 31.9. The quantitative estimate of drug-likeness (QED) is 0.0700. The number of ether oxygens (including phenoxy) is 8. The van der Waals surface area contributed by atoms with Crippen LogP contribution < -0.4 is 4.74 Å². The van der Waals surface area contributed by atoms with Gasteiger partial charge in [-0.1, -0.05) is 75.8 Å². The van der Waals surface area contributed by atoms with Gasteiger partial charge >= 0.3 is 5.97 Å². The maximum atomic E-state index is 11.8. The SMILES string of the molecule is CCCCCCCCCc1ccc(OCCOCCOCCOCCOCCOCCOCCOC(=O)c2ccccc2)cc1. The molecule has 0 atom stereocenters. The summed E-state index contributed by atoms with van der Waals surface area (Å²) in [5.74, 6) is 0.533. The number of benzene rings is 2. The first-order valence-corrected chi connectivity index (χ1v) is 16.7. The summed E-state index contributed by atoms with van der Waals surface area (Å²) < 4.78 is 43.9. The van der Waals surface area contributed by atoms with Gasteiger partial charge in [-0.15, -0.1) is 0 Å². The third kappa shape index (κ3) is 22.6. The van der Waals surface area contributed by atoms with Crippen LogP contribution in [0, 0.1) is 0 Å². The van der Waals surface area contributed by atoms with Crippen LogP contribution in [0.25, 0.3) is 0 Å². The molecule has 0 aliphatic heterocycles. The van der Waals surface area contributed by atoms with E-state index < -0.39 is 0 Å². The summed E-state index contributed by atoms with van der Waals surface area (Å²) in [7, 11) is 0. The Labute approximate surface area is 270 Å². The lowest BCUT2D eigenvalue weighted by Crippen LogP contribution is -2.15. The highest BCUT2D eigenvalue weighted by Gasteiger charge is 2.05. The fraction of sp³-hybridized carbons (Fsp3) is 0.639. The largest absolute Gasteiger partial charge is 0.491 e. The molecule has 9 nitrogen and oxygen atoms in total. The van der Waals surface area contributed by atoms with Crippen molar-refractivity contribution in [2.45, 2.75) is 58.3 Å². The van der Waals surface area contributed by atoms with E-state index in [9.17, 15) is 4.79 Å². The lowest BCUT2D eigenvalue weighted by molar-refractivity contribution is -0.0201. The second-order valence-electron chi connectivity index (χ2n) is 10.5. The lowest BCUT2D eigenvalue weighted by atomic mass is 10.0. The summed E-state index contributed by atoms with van der Waals surface area (Å²) in [6.45, 7) is 8.76. The van der Waals surface area contributed by atoms with E-state index in [0.29, 0.717) is 91.5 Å². The van der Waals surface area contributed by atoms with E-state index in [-0.39, 0.29) is 12.6 Å². The smallest absolute Gasteiger partial charge is 0.338 e. The highest BCUT2D eigenvalue weighted by Crippen LogP contribution is 2.15. The van der Waals surface area contributed by atoms with E-state index in [1.54, 1.807) is 24.3 Å². The Hall–Kier alpha value is -2.53. The van der Waals surface area contributed by atoms with Crippen molar-refractivity contribution in [3.05, 3.63) is 65.7 Å². The Bertz CT molecular complexity index is 924. The predicted octanol–water partition coefficient (Wildman–Crippen LogP) is 6.32. The van der Waals surface area contributed by atoms with Gasteiger partial charge in [-0.25, -0.2) is 4.79 Å². The molecule has 2 rings (SSSR count). The van der Waals surface area contributed by atoms with Crippen molar-refractivity contribution in [3.63, 3.8) is 0 Å². The Balaban J connectivity index is 1.24. The molecule has 0 saturated carbocycles. The monoisotopic (exact) mass is 632 g/mol. The van der Waals surface area contributed by atoms with Gasteiger partial charge in [0.25, 0.3) is 0 Å². The summed E-state index contributed by atoms with van der Waals surface area (Å²) in [5, 5.41) is 0. The molecule has 0 fully saturated rings. The van der Waals surface area contributed by atoms with Gasteiger partial charge in [0.1, 0.15) is 19.0 Å². The molecule has 0 radical (unpaired) electrons. The standard InChI is InChI=1S/C36H56O9/c1-2-3-4-5-6-7-9-12-33-15-17-35(18-16-33)44-31-29-42-27-25-40-23-21-38-19-20-39-22-24-41-26-28-43-30-32-45-36(37)34-13-10-8-11-14-34/h8,10-11,13-18H,2-7,9,12,19-32H2,1H3. The second kappa shape index (κ2) is 28.9. The molecule has 0 N–H and O–H groups in total. The van der Waals surface area contributed by atoms with E-state index in [1.165, 1.54) is 50.5 Å². The highest BCUT2D eigenvalue weighted by molar-refractivity contribution is 5.89. The third-order valence-electron chi connectivity index (χ3n) is 6.82. The molecule has 0 aliphatic rings. The van der Waals surface area contributed by atoms with Crippen molar-refractivity contribution in [2.24, 2.45) is 0 Å². The number of hydrogen-bond acceptors (Lipinski definition) is 9. The minimum Gasteiger partial charge on any atom is -0.491 e. The highest BCUT2D eigenvalue weighted by atomic mass is 16.6. The fourth-order valence-corrected chi connectivity index (χ4v) is 4.31. The van der Waals surface area contributed by atoms with Crippen molar-refractivity contribution in [3.8, 4) is 5.75 Å². The van der Waals surface area contributed by atoms with Gasteiger partial charge in [0, 0.05) is 0 Å².